The van der Waals surface area contributed by atoms with Gasteiger partial charge >= 0.3 is 0 Å². The van der Waals surface area contributed by atoms with Crippen LogP contribution in [0, 0.1) is 12.8 Å². The molecule has 0 spiro atoms. The summed E-state index contributed by atoms with van der Waals surface area (Å²) in [7, 11) is -3.69. The van der Waals surface area contributed by atoms with E-state index in [4.69, 9.17) is 0 Å². The summed E-state index contributed by atoms with van der Waals surface area (Å²) in [5, 5.41) is 3.16. The van der Waals surface area contributed by atoms with E-state index in [1.54, 1.807) is 24.3 Å². The number of anilines is 2. The van der Waals surface area contributed by atoms with Gasteiger partial charge in [0.1, 0.15) is 0 Å². The van der Waals surface area contributed by atoms with E-state index in [2.05, 4.69) is 28.9 Å². The first-order chi connectivity index (χ1) is 13.1. The number of sulfonamides is 1. The molecule has 3 rings (SSSR count). The summed E-state index contributed by atoms with van der Waals surface area (Å²) in [5.41, 5.74) is 3.15. The molecule has 28 heavy (non-hydrogen) atoms. The van der Waals surface area contributed by atoms with Gasteiger partial charge in [0.15, 0.2) is 5.13 Å². The quantitative estimate of drug-likeness (QED) is 0.615. The van der Waals surface area contributed by atoms with Crippen molar-refractivity contribution in [3.63, 3.8) is 0 Å². The van der Waals surface area contributed by atoms with E-state index in [9.17, 15) is 13.2 Å². The Bertz CT molecular complexity index is 1120. The predicted molar refractivity (Wildman–Crippen MR) is 114 cm³/mol. The van der Waals surface area contributed by atoms with Gasteiger partial charge in [0.25, 0.3) is 10.0 Å². The van der Waals surface area contributed by atoms with Crippen molar-refractivity contribution in [2.75, 3.05) is 10.0 Å². The number of benzene rings is 2. The number of thiazole rings is 1. The molecule has 3 aromatic rings. The van der Waals surface area contributed by atoms with Gasteiger partial charge in [-0.2, -0.15) is 0 Å². The third-order valence-corrected chi connectivity index (χ3v) is 6.41. The van der Waals surface area contributed by atoms with Gasteiger partial charge in [0.2, 0.25) is 5.91 Å². The molecule has 0 saturated carbocycles. The summed E-state index contributed by atoms with van der Waals surface area (Å²) in [4.78, 5) is 15.8. The fourth-order valence-corrected chi connectivity index (χ4v) is 5.02. The van der Waals surface area contributed by atoms with E-state index in [0.717, 1.165) is 27.8 Å². The van der Waals surface area contributed by atoms with E-state index in [1.165, 1.54) is 18.3 Å². The number of aryl methyl sites for hydroxylation is 1. The third kappa shape index (κ3) is 4.69. The van der Waals surface area contributed by atoms with E-state index in [1.807, 2.05) is 19.1 Å². The number of aromatic nitrogens is 1. The van der Waals surface area contributed by atoms with Crippen LogP contribution in [0.3, 0.4) is 0 Å². The maximum Gasteiger partial charge on any atom is 0.261 e. The highest BCUT2D eigenvalue weighted by Gasteiger charge is 2.16. The third-order valence-electron chi connectivity index (χ3n) is 4.10. The van der Waals surface area contributed by atoms with Crippen molar-refractivity contribution in [2.45, 2.75) is 39.0 Å². The summed E-state index contributed by atoms with van der Waals surface area (Å²) < 4.78 is 28.9. The van der Waals surface area contributed by atoms with E-state index in [-0.39, 0.29) is 10.8 Å². The number of rotatable bonds is 6. The van der Waals surface area contributed by atoms with Crippen LogP contribution in [-0.4, -0.2) is 19.3 Å². The lowest BCUT2D eigenvalue weighted by Crippen LogP contribution is -2.13. The lowest BCUT2D eigenvalue weighted by Gasteiger charge is -2.10. The van der Waals surface area contributed by atoms with Gasteiger partial charge in [-0.3, -0.25) is 9.52 Å². The minimum Gasteiger partial charge on any atom is -0.302 e. The first kappa shape index (κ1) is 20.3. The number of nitrogens with zero attached hydrogens (tertiary/aromatic N) is 1. The Morgan fingerprint density at radius 1 is 1.18 bits per heavy atom. The molecule has 148 valence electrons. The molecule has 2 aromatic carbocycles. The van der Waals surface area contributed by atoms with Crippen LogP contribution in [0.15, 0.2) is 41.3 Å². The molecule has 1 aromatic heterocycles. The second kappa shape index (κ2) is 7.89. The molecular formula is C20H23N3O3S2. The zero-order valence-corrected chi connectivity index (χ0v) is 17.9. The van der Waals surface area contributed by atoms with Gasteiger partial charge in [0.05, 0.1) is 20.8 Å². The lowest BCUT2D eigenvalue weighted by molar-refractivity contribution is -0.114. The molecule has 1 amide bonds. The molecule has 0 bridgehead atoms. The molecule has 0 atom stereocenters. The number of hydrogen-bond donors (Lipinski definition) is 2. The molecule has 0 unspecified atom stereocenters. The Kier molecular flexibility index (Phi) is 5.71. The summed E-state index contributed by atoms with van der Waals surface area (Å²) >= 11 is 1.31. The van der Waals surface area contributed by atoms with Crippen molar-refractivity contribution < 1.29 is 13.2 Å². The number of hydrogen-bond acceptors (Lipinski definition) is 5. The molecule has 0 aliphatic heterocycles. The van der Waals surface area contributed by atoms with Crippen molar-refractivity contribution in [1.29, 1.82) is 0 Å². The van der Waals surface area contributed by atoms with Crippen molar-refractivity contribution in [3.05, 3.63) is 47.5 Å². The van der Waals surface area contributed by atoms with Crippen LogP contribution in [-0.2, 0) is 21.2 Å². The molecular weight excluding hydrogens is 394 g/mol. The average molecular weight is 418 g/mol. The number of fused-ring (bicyclic) bond motifs is 1. The zero-order valence-electron chi connectivity index (χ0n) is 16.2. The van der Waals surface area contributed by atoms with Gasteiger partial charge in [-0.05, 0) is 54.7 Å². The van der Waals surface area contributed by atoms with Gasteiger partial charge < -0.3 is 5.32 Å². The largest absolute Gasteiger partial charge is 0.302 e. The molecule has 2 N–H and O–H groups in total. The molecule has 1 heterocycles. The molecule has 8 heteroatoms. The summed E-state index contributed by atoms with van der Waals surface area (Å²) in [5.74, 6) is 0.315. The minimum absolute atomic E-state index is 0.196. The van der Waals surface area contributed by atoms with Crippen molar-refractivity contribution in [3.8, 4) is 0 Å². The number of amides is 1. The normalized spacial score (nSPS) is 11.8. The highest BCUT2D eigenvalue weighted by molar-refractivity contribution is 7.92. The maximum absolute atomic E-state index is 12.8. The van der Waals surface area contributed by atoms with Crippen LogP contribution >= 0.6 is 11.3 Å². The topological polar surface area (TPSA) is 88.2 Å². The smallest absolute Gasteiger partial charge is 0.261 e. The lowest BCUT2D eigenvalue weighted by atomic mass is 10.0. The van der Waals surface area contributed by atoms with Crippen LogP contribution < -0.4 is 10.0 Å². The first-order valence-electron chi connectivity index (χ1n) is 8.94. The standard InChI is InChI=1S/C20H23N3O3S2/c1-12(2)9-15-5-7-17(8-6-15)28(25,26)23-16-10-13(3)19-18(11-16)27-20(22-19)21-14(4)24/h5-8,10-12,23H,9H2,1-4H3,(H,21,22,24). The number of carbonyl (C=O) groups excluding carboxylic acids is 1. The second-order valence-corrected chi connectivity index (χ2v) is 9.90. The van der Waals surface area contributed by atoms with Crippen molar-refractivity contribution in [2.24, 2.45) is 5.92 Å². The van der Waals surface area contributed by atoms with Crippen LogP contribution in [0.2, 0.25) is 0 Å². The van der Waals surface area contributed by atoms with Crippen LogP contribution in [0.5, 0.6) is 0 Å². The fraction of sp³-hybridized carbons (Fsp3) is 0.300. The summed E-state index contributed by atoms with van der Waals surface area (Å²) in [6, 6.07) is 10.4. The van der Waals surface area contributed by atoms with E-state index >= 15 is 0 Å². The maximum atomic E-state index is 12.8. The van der Waals surface area contributed by atoms with Crippen LogP contribution in [0.25, 0.3) is 10.2 Å². The highest BCUT2D eigenvalue weighted by atomic mass is 32.2. The molecule has 0 saturated heterocycles. The molecule has 6 nitrogen and oxygen atoms in total. The Labute approximate surface area is 169 Å². The Balaban J connectivity index is 1.87. The number of carbonyl (C=O) groups is 1. The Morgan fingerprint density at radius 3 is 2.46 bits per heavy atom. The second-order valence-electron chi connectivity index (χ2n) is 7.19. The molecule has 0 aliphatic carbocycles. The molecule has 0 fully saturated rings. The van der Waals surface area contributed by atoms with E-state index in [0.29, 0.717) is 16.7 Å². The minimum atomic E-state index is -3.69. The van der Waals surface area contributed by atoms with Crippen molar-refractivity contribution >= 4 is 48.3 Å². The van der Waals surface area contributed by atoms with Crippen LogP contribution in [0.4, 0.5) is 10.8 Å². The number of nitrogens with one attached hydrogen (secondary N) is 2. The molecule has 0 aliphatic rings. The Morgan fingerprint density at radius 2 is 1.86 bits per heavy atom. The van der Waals surface area contributed by atoms with Gasteiger partial charge in [-0.25, -0.2) is 13.4 Å². The van der Waals surface area contributed by atoms with Crippen molar-refractivity contribution in [1.82, 2.24) is 4.98 Å². The zero-order chi connectivity index (χ0) is 20.5. The van der Waals surface area contributed by atoms with Gasteiger partial charge in [0, 0.05) is 6.92 Å². The highest BCUT2D eigenvalue weighted by Crippen LogP contribution is 2.32. The first-order valence-corrected chi connectivity index (χ1v) is 11.2. The molecule has 0 radical (unpaired) electrons. The monoisotopic (exact) mass is 417 g/mol. The van der Waals surface area contributed by atoms with Crippen LogP contribution in [0.1, 0.15) is 31.9 Å². The average Bonchev–Trinajstić information content (AvgIpc) is 2.96. The SMILES string of the molecule is CC(=O)Nc1nc2c(C)cc(NS(=O)(=O)c3ccc(CC(C)C)cc3)cc2s1. The predicted octanol–water partition coefficient (Wildman–Crippen LogP) is 4.56. The summed E-state index contributed by atoms with van der Waals surface area (Å²) in [6.07, 6.45) is 0.908. The van der Waals surface area contributed by atoms with E-state index < -0.39 is 10.0 Å². The fourth-order valence-electron chi connectivity index (χ4n) is 2.95. The summed E-state index contributed by atoms with van der Waals surface area (Å²) in [6.45, 7) is 7.53. The van der Waals surface area contributed by atoms with Gasteiger partial charge in [-0.1, -0.05) is 37.3 Å². The van der Waals surface area contributed by atoms with Gasteiger partial charge in [-0.15, -0.1) is 0 Å². The Hall–Kier alpha value is -2.45.